The van der Waals surface area contributed by atoms with Crippen molar-refractivity contribution in [2.24, 2.45) is 4.99 Å². The van der Waals surface area contributed by atoms with Crippen LogP contribution in [0.25, 0.3) is 0 Å². The number of nitrogens with one attached hydrogen (secondary N) is 2. The van der Waals surface area contributed by atoms with Crippen LogP contribution in [0.1, 0.15) is 42.8 Å². The lowest BCUT2D eigenvalue weighted by molar-refractivity contribution is -0.140. The highest BCUT2D eigenvalue weighted by molar-refractivity contribution is 7.09. The van der Waals surface area contributed by atoms with E-state index in [1.807, 2.05) is 0 Å². The van der Waals surface area contributed by atoms with E-state index >= 15 is 0 Å². The Morgan fingerprint density at radius 1 is 1.24 bits per heavy atom. The van der Waals surface area contributed by atoms with E-state index in [-0.39, 0.29) is 5.54 Å². The molecule has 164 valence electrons. The van der Waals surface area contributed by atoms with Gasteiger partial charge in [-0.05, 0) is 12.8 Å². The van der Waals surface area contributed by atoms with E-state index in [9.17, 15) is 13.2 Å². The highest BCUT2D eigenvalue weighted by Crippen LogP contribution is 2.34. The maximum atomic E-state index is 12.7. The fourth-order valence-electron chi connectivity index (χ4n) is 4.17. The largest absolute Gasteiger partial charge is 0.434 e. The van der Waals surface area contributed by atoms with Crippen molar-refractivity contribution in [3.63, 3.8) is 0 Å². The molecule has 29 heavy (non-hydrogen) atoms. The molecule has 0 atom stereocenters. The van der Waals surface area contributed by atoms with Crippen LogP contribution in [0.4, 0.5) is 13.2 Å². The van der Waals surface area contributed by atoms with Crippen LogP contribution in [-0.2, 0) is 17.3 Å². The number of hydrogen-bond acceptors (Lipinski definition) is 5. The van der Waals surface area contributed by atoms with E-state index in [4.69, 9.17) is 4.74 Å². The van der Waals surface area contributed by atoms with Gasteiger partial charge in [0.05, 0.1) is 18.2 Å². The molecule has 2 heterocycles. The molecule has 0 bridgehead atoms. The first-order valence-corrected chi connectivity index (χ1v) is 11.1. The Kier molecular flexibility index (Phi) is 7.75. The number of aromatic nitrogens is 1. The fourth-order valence-corrected chi connectivity index (χ4v) is 4.97. The van der Waals surface area contributed by atoms with E-state index in [1.165, 1.54) is 19.3 Å². The van der Waals surface area contributed by atoms with E-state index in [1.54, 1.807) is 7.05 Å². The van der Waals surface area contributed by atoms with E-state index in [0.29, 0.717) is 23.9 Å². The topological polar surface area (TPSA) is 61.8 Å². The van der Waals surface area contributed by atoms with Gasteiger partial charge < -0.3 is 15.4 Å². The molecule has 0 radical (unpaired) electrons. The Bertz CT molecular complexity index is 667. The lowest BCUT2D eigenvalue weighted by atomic mass is 9.80. The minimum absolute atomic E-state index is 0.122. The number of ether oxygens (including phenoxy) is 1. The van der Waals surface area contributed by atoms with Crippen molar-refractivity contribution in [2.75, 3.05) is 46.4 Å². The summed E-state index contributed by atoms with van der Waals surface area (Å²) >= 11 is 1.04. The average Bonchev–Trinajstić information content (AvgIpc) is 3.21. The first kappa shape index (κ1) is 22.3. The quantitative estimate of drug-likeness (QED) is 0.534. The monoisotopic (exact) mass is 433 g/mol. The Labute approximate surface area is 173 Å². The number of morpholine rings is 1. The molecule has 10 heteroatoms. The molecule has 2 fully saturated rings. The van der Waals surface area contributed by atoms with Crippen LogP contribution in [-0.4, -0.2) is 67.8 Å². The molecule has 6 nitrogen and oxygen atoms in total. The van der Waals surface area contributed by atoms with Crippen LogP contribution in [0, 0.1) is 0 Å². The van der Waals surface area contributed by atoms with Crippen LogP contribution in [0.3, 0.4) is 0 Å². The molecule has 1 aliphatic carbocycles. The van der Waals surface area contributed by atoms with Gasteiger partial charge in [-0.25, -0.2) is 4.98 Å². The zero-order valence-corrected chi connectivity index (χ0v) is 17.7. The molecule has 1 saturated heterocycles. The Morgan fingerprint density at radius 3 is 2.59 bits per heavy atom. The Morgan fingerprint density at radius 2 is 1.97 bits per heavy atom. The minimum Gasteiger partial charge on any atom is -0.379 e. The van der Waals surface area contributed by atoms with Gasteiger partial charge in [-0.2, -0.15) is 13.2 Å². The van der Waals surface area contributed by atoms with Crippen molar-refractivity contribution >= 4 is 17.3 Å². The average molecular weight is 434 g/mol. The molecular weight excluding hydrogens is 403 g/mol. The summed E-state index contributed by atoms with van der Waals surface area (Å²) in [6.07, 6.45) is 2.12. The van der Waals surface area contributed by atoms with Crippen molar-refractivity contribution in [3.8, 4) is 0 Å². The molecule has 0 spiro atoms. The van der Waals surface area contributed by atoms with Crippen LogP contribution >= 0.6 is 11.3 Å². The van der Waals surface area contributed by atoms with Gasteiger partial charge in [0.2, 0.25) is 0 Å². The summed E-state index contributed by atoms with van der Waals surface area (Å²) in [6, 6.07) is 0. The van der Waals surface area contributed by atoms with Crippen LogP contribution in [0.2, 0.25) is 0 Å². The zero-order valence-electron chi connectivity index (χ0n) is 16.9. The summed E-state index contributed by atoms with van der Waals surface area (Å²) in [6.45, 7) is 4.76. The van der Waals surface area contributed by atoms with Crippen molar-refractivity contribution < 1.29 is 17.9 Å². The number of alkyl halides is 3. The highest BCUT2D eigenvalue weighted by atomic mass is 32.1. The van der Waals surface area contributed by atoms with Crippen LogP contribution in [0.15, 0.2) is 10.4 Å². The van der Waals surface area contributed by atoms with Crippen molar-refractivity contribution in [2.45, 2.75) is 50.2 Å². The maximum absolute atomic E-state index is 12.7. The number of rotatable bonds is 6. The fraction of sp³-hybridized carbons (Fsp3) is 0.789. The number of hydrogen-bond donors (Lipinski definition) is 2. The predicted molar refractivity (Wildman–Crippen MR) is 108 cm³/mol. The number of aliphatic imine (C=N–C) groups is 1. The predicted octanol–water partition coefficient (Wildman–Crippen LogP) is 2.90. The molecule has 1 saturated carbocycles. The molecule has 0 amide bonds. The Balaban J connectivity index is 1.50. The molecule has 2 aliphatic rings. The number of halogens is 3. The molecule has 0 aromatic carbocycles. The third kappa shape index (κ3) is 6.05. The second kappa shape index (κ2) is 10.1. The van der Waals surface area contributed by atoms with Crippen molar-refractivity contribution in [3.05, 3.63) is 16.1 Å². The van der Waals surface area contributed by atoms with Crippen LogP contribution in [0.5, 0.6) is 0 Å². The summed E-state index contributed by atoms with van der Waals surface area (Å²) < 4.78 is 43.5. The zero-order chi connectivity index (χ0) is 20.7. The highest BCUT2D eigenvalue weighted by Gasteiger charge is 2.38. The van der Waals surface area contributed by atoms with E-state index in [0.717, 1.165) is 62.4 Å². The van der Waals surface area contributed by atoms with Gasteiger partial charge in [0.1, 0.15) is 0 Å². The SMILES string of the molecule is CN=C(NCCc1nc(C(F)(F)F)cs1)NCC1(N2CCOCC2)CCCCC1. The van der Waals surface area contributed by atoms with Gasteiger partial charge in [-0.15, -0.1) is 11.3 Å². The number of thiazole rings is 1. The van der Waals surface area contributed by atoms with E-state index < -0.39 is 11.9 Å². The Hall–Kier alpha value is -1.39. The maximum Gasteiger partial charge on any atom is 0.434 e. The van der Waals surface area contributed by atoms with Gasteiger partial charge >= 0.3 is 6.18 Å². The second-order valence-electron chi connectivity index (χ2n) is 7.61. The van der Waals surface area contributed by atoms with Crippen LogP contribution < -0.4 is 10.6 Å². The summed E-state index contributed by atoms with van der Waals surface area (Å²) in [5.41, 5.74) is -0.693. The van der Waals surface area contributed by atoms with Gasteiger partial charge in [0.25, 0.3) is 0 Å². The summed E-state index contributed by atoms with van der Waals surface area (Å²) in [7, 11) is 1.71. The molecule has 1 aromatic rings. The van der Waals surface area contributed by atoms with Gasteiger partial charge in [-0.1, -0.05) is 19.3 Å². The normalized spacial score (nSPS) is 21.2. The molecule has 1 aliphatic heterocycles. The lowest BCUT2D eigenvalue weighted by Crippen LogP contribution is -2.60. The van der Waals surface area contributed by atoms with Crippen molar-refractivity contribution in [1.82, 2.24) is 20.5 Å². The second-order valence-corrected chi connectivity index (χ2v) is 8.55. The molecule has 0 unspecified atom stereocenters. The molecule has 1 aromatic heterocycles. The third-order valence-corrected chi connectivity index (χ3v) is 6.66. The first-order valence-electron chi connectivity index (χ1n) is 10.2. The smallest absolute Gasteiger partial charge is 0.379 e. The van der Waals surface area contributed by atoms with Gasteiger partial charge in [0, 0.05) is 50.6 Å². The van der Waals surface area contributed by atoms with Gasteiger partial charge in [0.15, 0.2) is 11.7 Å². The summed E-state index contributed by atoms with van der Waals surface area (Å²) in [4.78, 5) is 10.5. The standard InChI is InChI=1S/C19H30F3N5OS/c1-23-17(24-8-5-16-26-15(13-29-16)19(20,21)22)25-14-18(6-3-2-4-7-18)27-9-11-28-12-10-27/h13H,2-12,14H2,1H3,(H2,23,24,25). The molecule has 3 rings (SSSR count). The molecular formula is C19H30F3N5OS. The molecule has 2 N–H and O–H groups in total. The van der Waals surface area contributed by atoms with Crippen molar-refractivity contribution in [1.29, 1.82) is 0 Å². The number of nitrogens with zero attached hydrogens (tertiary/aromatic N) is 3. The minimum atomic E-state index is -4.38. The third-order valence-electron chi connectivity index (χ3n) is 5.75. The van der Waals surface area contributed by atoms with E-state index in [2.05, 4.69) is 25.5 Å². The summed E-state index contributed by atoms with van der Waals surface area (Å²) in [5, 5.41) is 8.20. The number of guanidine groups is 1. The lowest BCUT2D eigenvalue weighted by Gasteiger charge is -2.48. The summed E-state index contributed by atoms with van der Waals surface area (Å²) in [5.74, 6) is 0.677. The first-order chi connectivity index (χ1) is 13.9. The van der Waals surface area contributed by atoms with Gasteiger partial charge in [-0.3, -0.25) is 9.89 Å².